The Kier molecular flexibility index (Phi) is 6.90. The second kappa shape index (κ2) is 10.8. The van der Waals surface area contributed by atoms with Crippen LogP contribution in [0.1, 0.15) is 37.3 Å². The van der Waals surface area contributed by atoms with Crippen LogP contribution in [0.15, 0.2) is 67.6 Å². The van der Waals surface area contributed by atoms with Crippen LogP contribution >= 0.6 is 0 Å². The van der Waals surface area contributed by atoms with Gasteiger partial charge in [0.05, 0.1) is 16.7 Å². The molecule has 196 valence electrons. The summed E-state index contributed by atoms with van der Waals surface area (Å²) in [6.45, 7) is 9.57. The summed E-state index contributed by atoms with van der Waals surface area (Å²) in [4.78, 5) is 15.1. The molecule has 0 radical (unpaired) electrons. The zero-order valence-corrected chi connectivity index (χ0v) is 22.0. The standard InChI is InChI=1S/C32H31FN6/c1-3-28-26(14-21(2)24-15-22(18-34-19-24)20-39-12-5-4-6-13-39)32(38-37-28)30-17-27-29(36-30)10-11-35-31(27)23-8-7-9-25(33)16-23/h3,7-11,14-19,36-37H,2,4-6,12-13,20H2,1H3/b26-14+,28-3+. The maximum atomic E-state index is 13.9. The number of hydrogen-bond acceptors (Lipinski definition) is 4. The molecule has 0 aliphatic carbocycles. The lowest BCUT2D eigenvalue weighted by molar-refractivity contribution is 0.220. The zero-order valence-electron chi connectivity index (χ0n) is 22.0. The van der Waals surface area contributed by atoms with Gasteiger partial charge in [-0.05, 0) is 86.0 Å². The van der Waals surface area contributed by atoms with Crippen LogP contribution in [-0.4, -0.2) is 43.1 Å². The van der Waals surface area contributed by atoms with Crippen molar-refractivity contribution in [1.29, 1.82) is 0 Å². The fourth-order valence-corrected chi connectivity index (χ4v) is 5.37. The molecule has 5 heterocycles. The summed E-state index contributed by atoms with van der Waals surface area (Å²) in [6, 6.07) is 12.6. The highest BCUT2D eigenvalue weighted by Gasteiger charge is 2.14. The van der Waals surface area contributed by atoms with Crippen LogP contribution in [0.4, 0.5) is 4.39 Å². The van der Waals surface area contributed by atoms with E-state index in [0.29, 0.717) is 0 Å². The summed E-state index contributed by atoms with van der Waals surface area (Å²) in [5, 5.41) is 10.6. The molecule has 0 spiro atoms. The minimum Gasteiger partial charge on any atom is -0.353 e. The molecule has 0 saturated carbocycles. The molecule has 0 unspecified atom stereocenters. The highest BCUT2D eigenvalue weighted by Crippen LogP contribution is 2.30. The molecule has 4 aromatic heterocycles. The van der Waals surface area contributed by atoms with E-state index in [1.165, 1.54) is 37.0 Å². The van der Waals surface area contributed by atoms with Gasteiger partial charge >= 0.3 is 0 Å². The summed E-state index contributed by atoms with van der Waals surface area (Å²) in [6.07, 6.45) is 13.5. The van der Waals surface area contributed by atoms with E-state index in [4.69, 9.17) is 0 Å². The van der Waals surface area contributed by atoms with Gasteiger partial charge in [-0.25, -0.2) is 4.39 Å². The number of piperidine rings is 1. The quantitative estimate of drug-likeness (QED) is 0.314. The topological polar surface area (TPSA) is 73.5 Å². The van der Waals surface area contributed by atoms with Crippen LogP contribution in [0.5, 0.6) is 0 Å². The van der Waals surface area contributed by atoms with Crippen molar-refractivity contribution in [3.63, 3.8) is 0 Å². The fourth-order valence-electron chi connectivity index (χ4n) is 5.37. The number of aromatic nitrogens is 5. The monoisotopic (exact) mass is 518 g/mol. The first-order valence-corrected chi connectivity index (χ1v) is 13.4. The minimum absolute atomic E-state index is 0.289. The van der Waals surface area contributed by atoms with Gasteiger partial charge in [0, 0.05) is 46.8 Å². The Bertz CT molecular complexity index is 1770. The van der Waals surface area contributed by atoms with Crippen LogP contribution in [-0.2, 0) is 6.54 Å². The van der Waals surface area contributed by atoms with E-state index in [-0.39, 0.29) is 5.82 Å². The van der Waals surface area contributed by atoms with Crippen molar-refractivity contribution in [3.8, 4) is 22.6 Å². The van der Waals surface area contributed by atoms with Crippen LogP contribution in [0, 0.1) is 5.82 Å². The molecule has 1 fully saturated rings. The van der Waals surface area contributed by atoms with Crippen molar-refractivity contribution in [2.45, 2.75) is 32.7 Å². The summed E-state index contributed by atoms with van der Waals surface area (Å²) in [7, 11) is 0. The number of pyridine rings is 2. The second-order valence-electron chi connectivity index (χ2n) is 10.1. The number of nitrogens with one attached hydrogen (secondary N) is 2. The van der Waals surface area contributed by atoms with E-state index in [1.807, 2.05) is 43.6 Å². The summed E-state index contributed by atoms with van der Waals surface area (Å²) in [5.74, 6) is -0.289. The Hall–Kier alpha value is -4.36. The summed E-state index contributed by atoms with van der Waals surface area (Å²) >= 11 is 0. The molecule has 1 saturated heterocycles. The third kappa shape index (κ3) is 5.18. The molecule has 39 heavy (non-hydrogen) atoms. The summed E-state index contributed by atoms with van der Waals surface area (Å²) in [5.41, 5.74) is 7.04. The average molecular weight is 519 g/mol. The average Bonchev–Trinajstić information content (AvgIpc) is 3.57. The van der Waals surface area contributed by atoms with Gasteiger partial charge in [-0.2, -0.15) is 5.10 Å². The maximum absolute atomic E-state index is 13.9. The van der Waals surface area contributed by atoms with Gasteiger partial charge in [0.25, 0.3) is 0 Å². The molecule has 6 rings (SSSR count). The van der Waals surface area contributed by atoms with E-state index in [9.17, 15) is 4.39 Å². The van der Waals surface area contributed by atoms with Crippen molar-refractivity contribution in [3.05, 3.63) is 95.1 Å². The molecular formula is C32H31FN6. The highest BCUT2D eigenvalue weighted by molar-refractivity contribution is 5.96. The van der Waals surface area contributed by atoms with Gasteiger partial charge < -0.3 is 4.98 Å². The third-order valence-electron chi connectivity index (χ3n) is 7.36. The van der Waals surface area contributed by atoms with Crippen molar-refractivity contribution < 1.29 is 4.39 Å². The van der Waals surface area contributed by atoms with Gasteiger partial charge in [-0.15, -0.1) is 0 Å². The molecule has 7 heteroatoms. The number of halogens is 1. The SMILES string of the molecule is C=C(/C=c1/c(-c2cc3c(-c4cccc(F)c4)nccc3[nH]2)n[nH]/c1=C/C)c1cncc(CN2CCCCC2)c1. The number of rotatable bonds is 6. The molecule has 0 bridgehead atoms. The normalized spacial score (nSPS) is 15.3. The first-order valence-electron chi connectivity index (χ1n) is 13.4. The van der Waals surface area contributed by atoms with Crippen molar-refractivity contribution >= 4 is 28.6 Å². The number of nitrogens with zero attached hydrogens (tertiary/aromatic N) is 4. The summed E-state index contributed by atoms with van der Waals surface area (Å²) < 4.78 is 13.9. The molecule has 1 aliphatic rings. The largest absolute Gasteiger partial charge is 0.353 e. The Morgan fingerprint density at radius 2 is 1.95 bits per heavy atom. The van der Waals surface area contributed by atoms with Gasteiger partial charge in [0.2, 0.25) is 0 Å². The lowest BCUT2D eigenvalue weighted by atomic mass is 10.0. The number of fused-ring (bicyclic) bond motifs is 1. The van der Waals surface area contributed by atoms with Gasteiger partial charge in [0.15, 0.2) is 0 Å². The van der Waals surface area contributed by atoms with Crippen LogP contribution in [0.25, 0.3) is 51.3 Å². The van der Waals surface area contributed by atoms with E-state index in [1.54, 1.807) is 12.3 Å². The maximum Gasteiger partial charge on any atom is 0.123 e. The number of allylic oxidation sites excluding steroid dienone is 1. The predicted molar refractivity (Wildman–Crippen MR) is 155 cm³/mol. The second-order valence-corrected chi connectivity index (χ2v) is 10.1. The Labute approximate surface area is 226 Å². The Morgan fingerprint density at radius 1 is 1.08 bits per heavy atom. The molecular weight excluding hydrogens is 487 g/mol. The number of H-pyrrole nitrogens is 2. The molecule has 0 amide bonds. The number of likely N-dealkylation sites (tertiary alicyclic amines) is 1. The van der Waals surface area contributed by atoms with E-state index < -0.39 is 0 Å². The fraction of sp³-hybridized carbons (Fsp3) is 0.219. The van der Waals surface area contributed by atoms with Gasteiger partial charge in [-0.1, -0.05) is 31.2 Å². The first-order chi connectivity index (χ1) is 19.1. The van der Waals surface area contributed by atoms with Crippen LogP contribution < -0.4 is 10.6 Å². The molecule has 1 aliphatic heterocycles. The molecule has 2 N–H and O–H groups in total. The van der Waals surface area contributed by atoms with E-state index in [2.05, 4.69) is 48.8 Å². The number of benzene rings is 1. The highest BCUT2D eigenvalue weighted by atomic mass is 19.1. The molecule has 1 aromatic carbocycles. The lowest BCUT2D eigenvalue weighted by Crippen LogP contribution is -2.29. The van der Waals surface area contributed by atoms with Crippen LogP contribution in [0.2, 0.25) is 0 Å². The van der Waals surface area contributed by atoms with Crippen molar-refractivity contribution in [2.24, 2.45) is 0 Å². The molecule has 6 nitrogen and oxygen atoms in total. The van der Waals surface area contributed by atoms with E-state index in [0.717, 1.165) is 74.9 Å². The van der Waals surface area contributed by atoms with Crippen molar-refractivity contribution in [1.82, 2.24) is 30.0 Å². The Balaban J connectivity index is 1.37. The van der Waals surface area contributed by atoms with E-state index >= 15 is 0 Å². The van der Waals surface area contributed by atoms with Gasteiger partial charge in [0.1, 0.15) is 11.5 Å². The minimum atomic E-state index is -0.289. The molecule has 5 aromatic rings. The Morgan fingerprint density at radius 3 is 2.77 bits per heavy atom. The number of hydrogen-bond donors (Lipinski definition) is 2. The molecule has 0 atom stereocenters. The predicted octanol–water partition coefficient (Wildman–Crippen LogP) is 5.43. The zero-order chi connectivity index (χ0) is 26.8. The van der Waals surface area contributed by atoms with Crippen molar-refractivity contribution in [2.75, 3.05) is 13.1 Å². The third-order valence-corrected chi connectivity index (χ3v) is 7.36. The smallest absolute Gasteiger partial charge is 0.123 e. The first kappa shape index (κ1) is 24.9. The van der Waals surface area contributed by atoms with Crippen LogP contribution in [0.3, 0.4) is 0 Å². The van der Waals surface area contributed by atoms with Gasteiger partial charge in [-0.3, -0.25) is 20.0 Å². The number of aromatic amines is 2. The lowest BCUT2D eigenvalue weighted by Gasteiger charge is -2.26.